The highest BCUT2D eigenvalue weighted by Gasteiger charge is 2.25. The van der Waals surface area contributed by atoms with Crippen LogP contribution < -0.4 is 15.5 Å². The van der Waals surface area contributed by atoms with Crippen molar-refractivity contribution in [1.29, 1.82) is 0 Å². The van der Waals surface area contributed by atoms with E-state index in [0.717, 1.165) is 18.7 Å². The van der Waals surface area contributed by atoms with Crippen LogP contribution in [0.25, 0.3) is 11.3 Å². The Bertz CT molecular complexity index is 1250. The van der Waals surface area contributed by atoms with E-state index < -0.39 is 0 Å². The molecular formula is C26H30FN7O. The maximum atomic E-state index is 14.8. The van der Waals surface area contributed by atoms with Crippen LogP contribution >= 0.6 is 0 Å². The molecule has 182 valence electrons. The highest BCUT2D eigenvalue weighted by molar-refractivity contribution is 5.74. The van der Waals surface area contributed by atoms with E-state index in [1.54, 1.807) is 24.3 Å². The van der Waals surface area contributed by atoms with Crippen molar-refractivity contribution in [1.82, 2.24) is 20.1 Å². The van der Waals surface area contributed by atoms with E-state index in [-0.39, 0.29) is 17.6 Å². The number of rotatable bonds is 4. The maximum absolute atomic E-state index is 14.8. The van der Waals surface area contributed by atoms with Crippen LogP contribution in [0.5, 0.6) is 5.75 Å². The minimum absolute atomic E-state index is 0.0909. The number of nitrogen functional groups attached to an aromatic ring is 1. The highest BCUT2D eigenvalue weighted by atomic mass is 19.1. The number of aromatic nitrogens is 3. The average Bonchev–Trinajstić information content (AvgIpc) is 3.02. The van der Waals surface area contributed by atoms with Crippen molar-refractivity contribution >= 4 is 17.2 Å². The molecule has 1 aliphatic rings. The molecule has 9 heteroatoms. The van der Waals surface area contributed by atoms with E-state index in [9.17, 15) is 9.50 Å². The van der Waals surface area contributed by atoms with Crippen molar-refractivity contribution in [2.75, 3.05) is 55.8 Å². The molecule has 0 aliphatic carbocycles. The van der Waals surface area contributed by atoms with Gasteiger partial charge in [-0.15, -0.1) is 10.2 Å². The summed E-state index contributed by atoms with van der Waals surface area (Å²) in [5.74, 6) is 6.16. The van der Waals surface area contributed by atoms with Gasteiger partial charge in [-0.1, -0.05) is 18.1 Å². The van der Waals surface area contributed by atoms with Gasteiger partial charge in [-0.2, -0.15) is 0 Å². The van der Waals surface area contributed by atoms with E-state index in [1.165, 1.54) is 6.20 Å². The second kappa shape index (κ2) is 10.6. The van der Waals surface area contributed by atoms with Crippen LogP contribution in [-0.4, -0.2) is 71.5 Å². The van der Waals surface area contributed by atoms with Gasteiger partial charge < -0.3 is 20.6 Å². The maximum Gasteiger partial charge on any atom is 0.169 e. The number of phenolic OH excluding ortho intramolecular Hbond substituents is 1. The fourth-order valence-electron chi connectivity index (χ4n) is 4.13. The molecule has 1 atom stereocenters. The summed E-state index contributed by atoms with van der Waals surface area (Å²) < 4.78 is 14.8. The average molecular weight is 476 g/mol. The molecule has 0 unspecified atom stereocenters. The molecule has 3 heterocycles. The molecule has 1 fully saturated rings. The van der Waals surface area contributed by atoms with E-state index in [4.69, 9.17) is 5.73 Å². The van der Waals surface area contributed by atoms with Gasteiger partial charge in [0.2, 0.25) is 0 Å². The van der Waals surface area contributed by atoms with E-state index in [0.29, 0.717) is 48.1 Å². The lowest BCUT2D eigenvalue weighted by molar-refractivity contribution is 0.464. The number of anilines is 3. The molecule has 4 rings (SSSR count). The summed E-state index contributed by atoms with van der Waals surface area (Å²) in [6.45, 7) is 4.61. The number of phenols is 1. The first-order valence-electron chi connectivity index (χ1n) is 11.6. The largest absolute Gasteiger partial charge is 0.507 e. The Labute approximate surface area is 205 Å². The Morgan fingerprint density at radius 2 is 1.94 bits per heavy atom. The van der Waals surface area contributed by atoms with E-state index in [2.05, 4.69) is 43.7 Å². The van der Waals surface area contributed by atoms with Gasteiger partial charge in [0.25, 0.3) is 0 Å². The second-order valence-electron chi connectivity index (χ2n) is 8.90. The van der Waals surface area contributed by atoms with Crippen molar-refractivity contribution in [2.45, 2.75) is 19.4 Å². The Kier molecular flexibility index (Phi) is 7.32. The summed E-state index contributed by atoms with van der Waals surface area (Å²) in [6, 6.07) is 10.7. The molecule has 2 aromatic heterocycles. The van der Waals surface area contributed by atoms with Gasteiger partial charge in [-0.05, 0) is 57.6 Å². The smallest absolute Gasteiger partial charge is 0.169 e. The second-order valence-corrected chi connectivity index (χ2v) is 8.90. The Morgan fingerprint density at radius 1 is 1.14 bits per heavy atom. The van der Waals surface area contributed by atoms with Gasteiger partial charge in [0.1, 0.15) is 11.4 Å². The molecule has 0 spiro atoms. The molecule has 0 radical (unpaired) electrons. The molecule has 3 N–H and O–H groups in total. The van der Waals surface area contributed by atoms with Crippen LogP contribution in [0.4, 0.5) is 21.6 Å². The van der Waals surface area contributed by atoms with Gasteiger partial charge >= 0.3 is 0 Å². The van der Waals surface area contributed by atoms with Gasteiger partial charge in [0.15, 0.2) is 11.6 Å². The van der Waals surface area contributed by atoms with Crippen molar-refractivity contribution < 1.29 is 9.50 Å². The van der Waals surface area contributed by atoms with Crippen molar-refractivity contribution in [2.24, 2.45) is 0 Å². The molecule has 0 bridgehead atoms. The summed E-state index contributed by atoms with van der Waals surface area (Å²) in [5, 5.41) is 18.6. The lowest BCUT2D eigenvalue weighted by Gasteiger charge is -2.29. The molecule has 1 aromatic carbocycles. The summed E-state index contributed by atoms with van der Waals surface area (Å²) >= 11 is 0. The van der Waals surface area contributed by atoms with Gasteiger partial charge in [0.05, 0.1) is 29.8 Å². The quantitative estimate of drug-likeness (QED) is 0.556. The molecule has 3 aromatic rings. The summed E-state index contributed by atoms with van der Waals surface area (Å²) in [7, 11) is 3.89. The standard InChI is InChI=1S/C26H30FN7O/c1-18-10-12-33(24-16-22(30-31-26(24)28)20-8-4-5-9-25(20)35)13-14-34(18)23-15-19(29-17-21(23)27)7-6-11-32(2)3/h4-5,8-9,15-18,35H,10-14H2,1-3H3,(H2,28,31)/t18-/m0/s1. The van der Waals surface area contributed by atoms with Crippen LogP contribution in [0, 0.1) is 17.7 Å². The molecular weight excluding hydrogens is 445 g/mol. The van der Waals surface area contributed by atoms with Gasteiger partial charge in [0, 0.05) is 31.2 Å². The number of hydrogen-bond donors (Lipinski definition) is 2. The Balaban J connectivity index is 1.58. The summed E-state index contributed by atoms with van der Waals surface area (Å²) in [4.78, 5) is 10.3. The van der Waals surface area contributed by atoms with E-state index in [1.807, 2.05) is 31.1 Å². The first-order chi connectivity index (χ1) is 16.8. The predicted octanol–water partition coefficient (Wildman–Crippen LogP) is 2.98. The number of nitrogens with zero attached hydrogens (tertiary/aromatic N) is 6. The van der Waals surface area contributed by atoms with Crippen LogP contribution in [0.3, 0.4) is 0 Å². The van der Waals surface area contributed by atoms with Gasteiger partial charge in [-0.25, -0.2) is 9.37 Å². The predicted molar refractivity (Wildman–Crippen MR) is 137 cm³/mol. The number of halogens is 1. The lowest BCUT2D eigenvalue weighted by Crippen LogP contribution is -2.35. The molecule has 8 nitrogen and oxygen atoms in total. The SMILES string of the molecule is C[C@H]1CCN(c2cc(-c3ccccc3O)nnc2N)CCN1c1cc(C#CCN(C)C)ncc1F. The number of para-hydroxylation sites is 1. The number of hydrogen-bond acceptors (Lipinski definition) is 8. The van der Waals surface area contributed by atoms with Gasteiger partial charge in [-0.3, -0.25) is 4.90 Å². The minimum Gasteiger partial charge on any atom is -0.507 e. The topological polar surface area (TPSA) is 94.6 Å². The van der Waals surface area contributed by atoms with Crippen molar-refractivity contribution in [3.8, 4) is 28.8 Å². The fourth-order valence-corrected chi connectivity index (χ4v) is 4.13. The lowest BCUT2D eigenvalue weighted by atomic mass is 10.1. The first-order valence-corrected chi connectivity index (χ1v) is 11.6. The third kappa shape index (κ3) is 5.61. The van der Waals surface area contributed by atoms with Crippen molar-refractivity contribution in [3.05, 3.63) is 54.1 Å². The number of pyridine rings is 1. The number of benzene rings is 1. The zero-order chi connectivity index (χ0) is 24.9. The minimum atomic E-state index is -0.365. The molecule has 1 saturated heterocycles. The number of nitrogens with two attached hydrogens (primary N) is 1. The first kappa shape index (κ1) is 24.2. The van der Waals surface area contributed by atoms with Crippen LogP contribution in [0.2, 0.25) is 0 Å². The number of aromatic hydroxyl groups is 1. The van der Waals surface area contributed by atoms with Crippen LogP contribution in [-0.2, 0) is 0 Å². The summed E-state index contributed by atoms with van der Waals surface area (Å²) in [6.07, 6.45) is 2.03. The Morgan fingerprint density at radius 3 is 2.71 bits per heavy atom. The van der Waals surface area contributed by atoms with Crippen LogP contribution in [0.1, 0.15) is 19.0 Å². The van der Waals surface area contributed by atoms with Crippen molar-refractivity contribution in [3.63, 3.8) is 0 Å². The van der Waals surface area contributed by atoms with Crippen LogP contribution in [0.15, 0.2) is 42.6 Å². The summed E-state index contributed by atoms with van der Waals surface area (Å²) in [5.41, 5.74) is 9.13. The normalized spacial score (nSPS) is 16.1. The monoisotopic (exact) mass is 475 g/mol. The Hall–Kier alpha value is -3.90. The third-order valence-corrected chi connectivity index (χ3v) is 6.04. The highest BCUT2D eigenvalue weighted by Crippen LogP contribution is 2.32. The zero-order valence-electron chi connectivity index (χ0n) is 20.2. The molecule has 0 saturated carbocycles. The molecule has 35 heavy (non-hydrogen) atoms. The fraction of sp³-hybridized carbons (Fsp3) is 0.346. The van der Waals surface area contributed by atoms with E-state index >= 15 is 0 Å². The molecule has 1 aliphatic heterocycles. The zero-order valence-corrected chi connectivity index (χ0v) is 20.2. The third-order valence-electron chi connectivity index (χ3n) is 6.04. The molecule has 0 amide bonds.